The van der Waals surface area contributed by atoms with Crippen LogP contribution < -0.4 is 5.32 Å². The van der Waals surface area contributed by atoms with Crippen molar-refractivity contribution in [2.45, 2.75) is 25.4 Å². The number of aliphatic hydroxyl groups excluding tert-OH is 1. The van der Waals surface area contributed by atoms with Gasteiger partial charge in [-0.15, -0.1) is 0 Å². The molecule has 0 saturated carbocycles. The molecule has 0 spiro atoms. The Morgan fingerprint density at radius 3 is 2.69 bits per heavy atom. The van der Waals surface area contributed by atoms with E-state index < -0.39 is 9.84 Å². The number of rotatable bonds is 6. The van der Waals surface area contributed by atoms with Crippen LogP contribution in [0.1, 0.15) is 13.3 Å². The van der Waals surface area contributed by atoms with Crippen molar-refractivity contribution < 1.29 is 13.5 Å². The number of hydrogen-bond acceptors (Lipinski definition) is 5. The van der Waals surface area contributed by atoms with Crippen LogP contribution in [0.4, 0.5) is 0 Å². The van der Waals surface area contributed by atoms with Crippen LogP contribution in [0.5, 0.6) is 0 Å². The number of sulfone groups is 1. The van der Waals surface area contributed by atoms with E-state index in [2.05, 4.69) is 5.32 Å². The van der Waals surface area contributed by atoms with E-state index in [1.165, 1.54) is 0 Å². The minimum atomic E-state index is -2.82. The van der Waals surface area contributed by atoms with Gasteiger partial charge < -0.3 is 15.3 Å². The van der Waals surface area contributed by atoms with Crippen LogP contribution in [0, 0.1) is 0 Å². The van der Waals surface area contributed by atoms with E-state index in [1.54, 1.807) is 0 Å². The average Bonchev–Trinajstić information content (AvgIpc) is 2.58. The van der Waals surface area contributed by atoms with Gasteiger partial charge in [0.1, 0.15) is 0 Å². The number of likely N-dealkylation sites (N-methyl/N-ethyl adjacent to an activating group) is 2. The highest BCUT2D eigenvalue weighted by Gasteiger charge is 2.31. The second-order valence-corrected chi connectivity index (χ2v) is 6.66. The van der Waals surface area contributed by atoms with Crippen molar-refractivity contribution in [3.05, 3.63) is 0 Å². The predicted molar refractivity (Wildman–Crippen MR) is 64.2 cm³/mol. The molecule has 1 aliphatic rings. The molecule has 5 nitrogen and oxygen atoms in total. The molecular weight excluding hydrogens is 228 g/mol. The topological polar surface area (TPSA) is 69.6 Å². The van der Waals surface area contributed by atoms with Crippen molar-refractivity contribution in [1.29, 1.82) is 0 Å². The van der Waals surface area contributed by atoms with Crippen LogP contribution >= 0.6 is 0 Å². The van der Waals surface area contributed by atoms with Gasteiger partial charge in [-0.25, -0.2) is 8.42 Å². The molecule has 0 amide bonds. The van der Waals surface area contributed by atoms with Crippen molar-refractivity contribution >= 4 is 9.84 Å². The zero-order chi connectivity index (χ0) is 12.2. The summed E-state index contributed by atoms with van der Waals surface area (Å²) in [4.78, 5) is 2.04. The SMILES string of the molecule is CCNC(CO)CN(C)C1CCS(=O)(=O)C1. The molecule has 0 aromatic carbocycles. The minimum Gasteiger partial charge on any atom is -0.395 e. The fourth-order valence-electron chi connectivity index (χ4n) is 2.10. The van der Waals surface area contributed by atoms with Gasteiger partial charge in [0.2, 0.25) is 0 Å². The highest BCUT2D eigenvalue weighted by Crippen LogP contribution is 2.16. The molecule has 2 N–H and O–H groups in total. The first-order chi connectivity index (χ1) is 7.48. The molecule has 0 bridgehead atoms. The Kier molecular flexibility index (Phi) is 5.17. The van der Waals surface area contributed by atoms with Gasteiger partial charge in [-0.2, -0.15) is 0 Å². The van der Waals surface area contributed by atoms with Crippen molar-refractivity contribution in [1.82, 2.24) is 10.2 Å². The molecule has 1 saturated heterocycles. The Labute approximate surface area is 97.7 Å². The summed E-state index contributed by atoms with van der Waals surface area (Å²) >= 11 is 0. The molecule has 1 heterocycles. The fourth-order valence-corrected chi connectivity index (χ4v) is 3.90. The Morgan fingerprint density at radius 2 is 2.25 bits per heavy atom. The van der Waals surface area contributed by atoms with Gasteiger partial charge in [0.15, 0.2) is 9.84 Å². The number of nitrogens with one attached hydrogen (secondary N) is 1. The number of hydrogen-bond donors (Lipinski definition) is 2. The fraction of sp³-hybridized carbons (Fsp3) is 1.00. The van der Waals surface area contributed by atoms with Gasteiger partial charge in [0.25, 0.3) is 0 Å². The lowest BCUT2D eigenvalue weighted by molar-refractivity contribution is 0.178. The molecule has 6 heteroatoms. The lowest BCUT2D eigenvalue weighted by atomic mass is 10.2. The molecule has 0 aliphatic carbocycles. The van der Waals surface area contributed by atoms with Gasteiger partial charge in [0, 0.05) is 18.6 Å². The van der Waals surface area contributed by atoms with Crippen molar-refractivity contribution in [3.63, 3.8) is 0 Å². The summed E-state index contributed by atoms with van der Waals surface area (Å²) in [7, 11) is -0.898. The maximum absolute atomic E-state index is 11.3. The summed E-state index contributed by atoms with van der Waals surface area (Å²) in [6, 6.07) is 0.135. The third kappa shape index (κ3) is 4.01. The van der Waals surface area contributed by atoms with Crippen LogP contribution in [0.3, 0.4) is 0 Å². The Balaban J connectivity index is 2.43. The molecule has 2 atom stereocenters. The van der Waals surface area contributed by atoms with E-state index in [4.69, 9.17) is 5.11 Å². The smallest absolute Gasteiger partial charge is 0.151 e. The zero-order valence-electron chi connectivity index (χ0n) is 10.0. The van der Waals surface area contributed by atoms with E-state index in [-0.39, 0.29) is 24.4 Å². The first-order valence-corrected chi connectivity index (χ1v) is 7.55. The predicted octanol–water partition coefficient (Wildman–Crippen LogP) is -0.924. The molecule has 0 aromatic heterocycles. The first kappa shape index (κ1) is 13.9. The van der Waals surface area contributed by atoms with E-state index in [0.29, 0.717) is 18.7 Å². The number of nitrogens with zero attached hydrogens (tertiary/aromatic N) is 1. The van der Waals surface area contributed by atoms with Crippen LogP contribution in [0.2, 0.25) is 0 Å². The summed E-state index contributed by atoms with van der Waals surface area (Å²) in [6.07, 6.45) is 0.711. The second kappa shape index (κ2) is 5.95. The average molecular weight is 250 g/mol. The Hall–Kier alpha value is -0.170. The lowest BCUT2D eigenvalue weighted by Gasteiger charge is -2.27. The van der Waals surface area contributed by atoms with E-state index in [9.17, 15) is 8.42 Å². The third-order valence-electron chi connectivity index (χ3n) is 3.05. The van der Waals surface area contributed by atoms with Crippen molar-refractivity contribution in [2.24, 2.45) is 0 Å². The summed E-state index contributed by atoms with van der Waals surface area (Å²) in [6.45, 7) is 3.56. The third-order valence-corrected chi connectivity index (χ3v) is 4.80. The monoisotopic (exact) mass is 250 g/mol. The normalized spacial score (nSPS) is 26.1. The van der Waals surface area contributed by atoms with Crippen molar-refractivity contribution in [3.8, 4) is 0 Å². The van der Waals surface area contributed by atoms with Crippen LogP contribution in [-0.2, 0) is 9.84 Å². The number of aliphatic hydroxyl groups is 1. The van der Waals surface area contributed by atoms with E-state index >= 15 is 0 Å². The van der Waals surface area contributed by atoms with Gasteiger partial charge in [-0.1, -0.05) is 6.92 Å². The first-order valence-electron chi connectivity index (χ1n) is 5.73. The highest BCUT2D eigenvalue weighted by atomic mass is 32.2. The van der Waals surface area contributed by atoms with Crippen LogP contribution in [0.25, 0.3) is 0 Å². The molecule has 2 unspecified atom stereocenters. The summed E-state index contributed by atoms with van der Waals surface area (Å²) < 4.78 is 22.7. The van der Waals surface area contributed by atoms with Gasteiger partial charge in [-0.05, 0) is 20.0 Å². The molecule has 16 heavy (non-hydrogen) atoms. The maximum atomic E-state index is 11.3. The van der Waals surface area contributed by atoms with E-state index in [1.807, 2.05) is 18.9 Å². The summed E-state index contributed by atoms with van der Waals surface area (Å²) in [5.41, 5.74) is 0. The van der Waals surface area contributed by atoms with Gasteiger partial charge in [0.05, 0.1) is 18.1 Å². The summed E-state index contributed by atoms with van der Waals surface area (Å²) in [5, 5.41) is 12.3. The van der Waals surface area contributed by atoms with E-state index in [0.717, 1.165) is 6.54 Å². The molecule has 1 fully saturated rings. The maximum Gasteiger partial charge on any atom is 0.151 e. The molecule has 96 valence electrons. The second-order valence-electron chi connectivity index (χ2n) is 4.43. The summed E-state index contributed by atoms with van der Waals surface area (Å²) in [5.74, 6) is 0.556. The standard InChI is InChI=1S/C10H22N2O3S/c1-3-11-9(7-13)6-12(2)10-4-5-16(14,15)8-10/h9-11,13H,3-8H2,1-2H3. The van der Waals surface area contributed by atoms with Crippen molar-refractivity contribution in [2.75, 3.05) is 38.2 Å². The highest BCUT2D eigenvalue weighted by molar-refractivity contribution is 7.91. The molecular formula is C10H22N2O3S. The zero-order valence-corrected chi connectivity index (χ0v) is 10.8. The quantitative estimate of drug-likeness (QED) is 0.638. The lowest BCUT2D eigenvalue weighted by Crippen LogP contribution is -2.45. The van der Waals surface area contributed by atoms with Crippen LogP contribution in [-0.4, -0.2) is 68.8 Å². The molecule has 1 rings (SSSR count). The molecule has 1 aliphatic heterocycles. The Morgan fingerprint density at radius 1 is 1.56 bits per heavy atom. The van der Waals surface area contributed by atoms with Gasteiger partial charge in [-0.3, -0.25) is 0 Å². The van der Waals surface area contributed by atoms with Gasteiger partial charge >= 0.3 is 0 Å². The Bertz CT molecular complexity index is 305. The minimum absolute atomic E-state index is 0.0262. The molecule has 0 radical (unpaired) electrons. The molecule has 0 aromatic rings. The largest absolute Gasteiger partial charge is 0.395 e. The van der Waals surface area contributed by atoms with Crippen LogP contribution in [0.15, 0.2) is 0 Å².